The van der Waals surface area contributed by atoms with Crippen molar-refractivity contribution in [3.8, 4) is 0 Å². The molecule has 4 atom stereocenters. The highest BCUT2D eigenvalue weighted by atomic mass is 16.3. The lowest BCUT2D eigenvalue weighted by Gasteiger charge is -2.38. The van der Waals surface area contributed by atoms with E-state index in [1.165, 1.54) is 19.3 Å². The molecule has 78 valence electrons. The van der Waals surface area contributed by atoms with Crippen LogP contribution in [0.1, 0.15) is 52.9 Å². The molecule has 0 aromatic rings. The highest BCUT2D eigenvalue weighted by Crippen LogP contribution is 2.39. The molecule has 0 spiro atoms. The lowest BCUT2D eigenvalue weighted by atomic mass is 9.69. The summed E-state index contributed by atoms with van der Waals surface area (Å²) in [5.41, 5.74) is 0. The molecule has 0 amide bonds. The van der Waals surface area contributed by atoms with Gasteiger partial charge in [-0.25, -0.2) is 0 Å². The predicted molar refractivity (Wildman–Crippen MR) is 56.6 cm³/mol. The van der Waals surface area contributed by atoms with Crippen molar-refractivity contribution in [3.63, 3.8) is 0 Å². The van der Waals surface area contributed by atoms with Crippen LogP contribution in [0.5, 0.6) is 0 Å². The first-order valence-electron chi connectivity index (χ1n) is 5.87. The first-order chi connectivity index (χ1) is 6.19. The van der Waals surface area contributed by atoms with Crippen molar-refractivity contribution in [1.82, 2.24) is 0 Å². The zero-order valence-corrected chi connectivity index (χ0v) is 9.29. The van der Waals surface area contributed by atoms with E-state index in [4.69, 9.17) is 0 Å². The van der Waals surface area contributed by atoms with Gasteiger partial charge in [0.1, 0.15) is 0 Å². The molecule has 0 heterocycles. The Morgan fingerprint density at radius 3 is 2.46 bits per heavy atom. The minimum atomic E-state index is -0.0203. The summed E-state index contributed by atoms with van der Waals surface area (Å²) in [6.45, 7) is 6.84. The molecule has 0 aliphatic heterocycles. The lowest BCUT2D eigenvalue weighted by Crippen LogP contribution is -2.33. The van der Waals surface area contributed by atoms with Gasteiger partial charge in [0.15, 0.2) is 0 Å². The Balaban J connectivity index is 2.55. The van der Waals surface area contributed by atoms with E-state index in [9.17, 15) is 5.11 Å². The van der Waals surface area contributed by atoms with Gasteiger partial charge in [0.25, 0.3) is 0 Å². The Kier molecular flexibility index (Phi) is 4.24. The predicted octanol–water partition coefficient (Wildman–Crippen LogP) is 3.22. The van der Waals surface area contributed by atoms with Gasteiger partial charge in [0.05, 0.1) is 6.10 Å². The van der Waals surface area contributed by atoms with E-state index in [1.54, 1.807) is 0 Å². The summed E-state index contributed by atoms with van der Waals surface area (Å²) in [7, 11) is 0. The molecule has 13 heavy (non-hydrogen) atoms. The fraction of sp³-hybridized carbons (Fsp3) is 1.00. The van der Waals surface area contributed by atoms with E-state index in [2.05, 4.69) is 20.8 Å². The monoisotopic (exact) mass is 184 g/mol. The van der Waals surface area contributed by atoms with Crippen LogP contribution >= 0.6 is 0 Å². The SMILES string of the molecule is CCCC1C(C)CC(O)CC1CC. The number of hydrogen-bond donors (Lipinski definition) is 1. The van der Waals surface area contributed by atoms with Crippen molar-refractivity contribution < 1.29 is 5.11 Å². The molecule has 0 aromatic carbocycles. The molecular formula is C12H24O. The van der Waals surface area contributed by atoms with E-state index in [-0.39, 0.29) is 6.10 Å². The summed E-state index contributed by atoms with van der Waals surface area (Å²) in [4.78, 5) is 0. The van der Waals surface area contributed by atoms with Crippen LogP contribution < -0.4 is 0 Å². The van der Waals surface area contributed by atoms with Crippen molar-refractivity contribution in [2.45, 2.75) is 59.0 Å². The molecule has 1 aliphatic rings. The minimum absolute atomic E-state index is 0.0203. The molecule has 1 N–H and O–H groups in total. The fourth-order valence-corrected chi connectivity index (χ4v) is 3.01. The van der Waals surface area contributed by atoms with Gasteiger partial charge < -0.3 is 5.11 Å². The van der Waals surface area contributed by atoms with Gasteiger partial charge in [0.2, 0.25) is 0 Å². The van der Waals surface area contributed by atoms with E-state index in [0.717, 1.165) is 30.6 Å². The third-order valence-corrected chi connectivity index (χ3v) is 3.70. The molecule has 1 heteroatoms. The minimum Gasteiger partial charge on any atom is -0.393 e. The van der Waals surface area contributed by atoms with Gasteiger partial charge >= 0.3 is 0 Å². The van der Waals surface area contributed by atoms with Crippen LogP contribution in [0, 0.1) is 17.8 Å². The van der Waals surface area contributed by atoms with Crippen LogP contribution in [0.2, 0.25) is 0 Å². The summed E-state index contributed by atoms with van der Waals surface area (Å²) in [5.74, 6) is 2.38. The Labute approximate surface area is 82.5 Å². The third-order valence-electron chi connectivity index (χ3n) is 3.70. The molecule has 0 aromatic heterocycles. The Bertz CT molecular complexity index is 144. The lowest BCUT2D eigenvalue weighted by molar-refractivity contribution is 0.0281. The molecular weight excluding hydrogens is 160 g/mol. The van der Waals surface area contributed by atoms with E-state index < -0.39 is 0 Å². The van der Waals surface area contributed by atoms with Gasteiger partial charge in [-0.05, 0) is 30.6 Å². The van der Waals surface area contributed by atoms with Crippen LogP contribution in [-0.2, 0) is 0 Å². The maximum Gasteiger partial charge on any atom is 0.0545 e. The zero-order valence-electron chi connectivity index (χ0n) is 9.29. The number of aliphatic hydroxyl groups is 1. The van der Waals surface area contributed by atoms with Gasteiger partial charge in [-0.3, -0.25) is 0 Å². The van der Waals surface area contributed by atoms with E-state index in [1.807, 2.05) is 0 Å². The van der Waals surface area contributed by atoms with Gasteiger partial charge in [0, 0.05) is 0 Å². The topological polar surface area (TPSA) is 20.2 Å². The van der Waals surface area contributed by atoms with Crippen LogP contribution in [-0.4, -0.2) is 11.2 Å². The summed E-state index contributed by atoms with van der Waals surface area (Å²) >= 11 is 0. The van der Waals surface area contributed by atoms with E-state index in [0.29, 0.717) is 0 Å². The van der Waals surface area contributed by atoms with E-state index >= 15 is 0 Å². The van der Waals surface area contributed by atoms with Crippen LogP contribution in [0.15, 0.2) is 0 Å². The Morgan fingerprint density at radius 2 is 1.92 bits per heavy atom. The smallest absolute Gasteiger partial charge is 0.0545 e. The second-order valence-corrected chi connectivity index (χ2v) is 4.72. The van der Waals surface area contributed by atoms with Gasteiger partial charge in [-0.15, -0.1) is 0 Å². The maximum atomic E-state index is 9.67. The first kappa shape index (κ1) is 11.0. The average Bonchev–Trinajstić information content (AvgIpc) is 2.09. The largest absolute Gasteiger partial charge is 0.393 e. The number of hydrogen-bond acceptors (Lipinski definition) is 1. The van der Waals surface area contributed by atoms with Gasteiger partial charge in [-0.1, -0.05) is 40.0 Å². The Morgan fingerprint density at radius 1 is 1.23 bits per heavy atom. The van der Waals surface area contributed by atoms with Crippen molar-refractivity contribution in [3.05, 3.63) is 0 Å². The maximum absolute atomic E-state index is 9.67. The molecule has 1 saturated carbocycles. The fourth-order valence-electron chi connectivity index (χ4n) is 3.01. The molecule has 1 aliphatic carbocycles. The van der Waals surface area contributed by atoms with Crippen molar-refractivity contribution in [2.24, 2.45) is 17.8 Å². The average molecular weight is 184 g/mol. The van der Waals surface area contributed by atoms with Crippen molar-refractivity contribution in [1.29, 1.82) is 0 Å². The summed E-state index contributed by atoms with van der Waals surface area (Å²) in [6, 6.07) is 0. The second-order valence-electron chi connectivity index (χ2n) is 4.72. The van der Waals surface area contributed by atoms with Crippen molar-refractivity contribution in [2.75, 3.05) is 0 Å². The van der Waals surface area contributed by atoms with Gasteiger partial charge in [-0.2, -0.15) is 0 Å². The highest BCUT2D eigenvalue weighted by molar-refractivity contribution is 4.83. The van der Waals surface area contributed by atoms with Crippen LogP contribution in [0.3, 0.4) is 0 Å². The summed E-state index contributed by atoms with van der Waals surface area (Å²) in [5, 5.41) is 9.67. The number of rotatable bonds is 3. The normalized spacial score (nSPS) is 40.6. The quantitative estimate of drug-likeness (QED) is 0.714. The number of aliphatic hydroxyl groups excluding tert-OH is 1. The second kappa shape index (κ2) is 4.99. The Hall–Kier alpha value is -0.0400. The standard InChI is InChI=1S/C12H24O/c1-4-6-12-9(3)7-11(13)8-10(12)5-2/h9-13H,4-8H2,1-3H3. The molecule has 0 radical (unpaired) electrons. The summed E-state index contributed by atoms with van der Waals surface area (Å²) < 4.78 is 0. The van der Waals surface area contributed by atoms with Crippen molar-refractivity contribution >= 4 is 0 Å². The molecule has 1 rings (SSSR count). The first-order valence-corrected chi connectivity index (χ1v) is 5.87. The van der Waals surface area contributed by atoms with Crippen LogP contribution in [0.4, 0.5) is 0 Å². The highest BCUT2D eigenvalue weighted by Gasteiger charge is 2.32. The molecule has 0 bridgehead atoms. The third kappa shape index (κ3) is 2.70. The molecule has 0 saturated heterocycles. The molecule has 1 fully saturated rings. The molecule has 1 nitrogen and oxygen atoms in total. The van der Waals surface area contributed by atoms with Crippen LogP contribution in [0.25, 0.3) is 0 Å². The zero-order chi connectivity index (χ0) is 9.84. The summed E-state index contributed by atoms with van der Waals surface area (Å²) in [6.07, 6.45) is 5.94. The molecule has 4 unspecified atom stereocenters.